The number of nitrogens with zero attached hydrogens (tertiary/aromatic N) is 4. The van der Waals surface area contributed by atoms with E-state index in [4.69, 9.17) is 9.73 Å². The van der Waals surface area contributed by atoms with Crippen LogP contribution in [0.3, 0.4) is 0 Å². The largest absolute Gasteiger partial charge is 0.450 e. The molecule has 2 aliphatic heterocycles. The van der Waals surface area contributed by atoms with Crippen molar-refractivity contribution < 1.29 is 14.3 Å². The third-order valence-electron chi connectivity index (χ3n) is 5.39. The third kappa shape index (κ3) is 7.26. The van der Waals surface area contributed by atoms with E-state index in [1.807, 2.05) is 17.9 Å². The van der Waals surface area contributed by atoms with Crippen LogP contribution >= 0.6 is 24.0 Å². The van der Waals surface area contributed by atoms with Crippen molar-refractivity contribution in [1.29, 1.82) is 0 Å². The second-order valence-electron chi connectivity index (χ2n) is 7.58. The van der Waals surface area contributed by atoms with Gasteiger partial charge >= 0.3 is 6.09 Å². The number of rotatable bonds is 6. The Bertz CT molecular complexity index is 765. The lowest BCUT2D eigenvalue weighted by molar-refractivity contribution is -0.128. The summed E-state index contributed by atoms with van der Waals surface area (Å²) in [5.74, 6) is 1.11. The maximum atomic E-state index is 11.9. The smallest absolute Gasteiger partial charge is 0.409 e. The topological polar surface area (TPSA) is 77.5 Å². The van der Waals surface area contributed by atoms with Gasteiger partial charge in [0.15, 0.2) is 5.96 Å². The van der Waals surface area contributed by atoms with Crippen LogP contribution in [0, 0.1) is 0 Å². The minimum atomic E-state index is -0.243. The van der Waals surface area contributed by atoms with Gasteiger partial charge < -0.3 is 24.8 Å². The standard InChI is InChI=1S/C22H33N5O3.HI/c1-3-23-21(25-11-13-26(14-12-25)22(29)30-4-2)24-16-18-7-5-8-19(15-18)17-27-10-6-9-20(27)28;/h5,7-8,15H,3-4,6,9-14,16-17H2,1-2H3,(H,23,24);1H. The Labute approximate surface area is 202 Å². The molecule has 2 heterocycles. The molecule has 0 spiro atoms. The molecule has 2 fully saturated rings. The van der Waals surface area contributed by atoms with Gasteiger partial charge in [-0.3, -0.25) is 4.79 Å². The Kier molecular flexibility index (Phi) is 10.4. The van der Waals surface area contributed by atoms with E-state index in [0.717, 1.165) is 49.7 Å². The van der Waals surface area contributed by atoms with Crippen molar-refractivity contribution in [3.05, 3.63) is 35.4 Å². The summed E-state index contributed by atoms with van der Waals surface area (Å²) in [5.41, 5.74) is 2.27. The van der Waals surface area contributed by atoms with Gasteiger partial charge in [0.2, 0.25) is 5.91 Å². The predicted molar refractivity (Wildman–Crippen MR) is 131 cm³/mol. The molecule has 1 N–H and O–H groups in total. The Morgan fingerprint density at radius 3 is 2.45 bits per heavy atom. The fraction of sp³-hybridized carbons (Fsp3) is 0.591. The molecule has 0 atom stereocenters. The molecule has 0 aromatic heterocycles. The van der Waals surface area contributed by atoms with E-state index >= 15 is 0 Å². The molecule has 0 bridgehead atoms. The molecule has 0 unspecified atom stereocenters. The van der Waals surface area contributed by atoms with Gasteiger partial charge in [-0.1, -0.05) is 24.3 Å². The summed E-state index contributed by atoms with van der Waals surface area (Å²) in [6.45, 7) is 9.86. The maximum Gasteiger partial charge on any atom is 0.409 e. The number of nitrogens with one attached hydrogen (secondary N) is 1. The zero-order valence-electron chi connectivity index (χ0n) is 18.5. The Morgan fingerprint density at radius 1 is 1.10 bits per heavy atom. The SMILES string of the molecule is CCNC(=NCc1cccc(CN2CCCC2=O)c1)N1CCN(C(=O)OCC)CC1.I. The molecule has 1 aromatic rings. The van der Waals surface area contributed by atoms with Gasteiger partial charge in [-0.05, 0) is 31.4 Å². The number of amides is 2. The molecule has 2 aliphatic rings. The fourth-order valence-corrected chi connectivity index (χ4v) is 3.83. The van der Waals surface area contributed by atoms with E-state index < -0.39 is 0 Å². The maximum absolute atomic E-state index is 11.9. The van der Waals surface area contributed by atoms with Crippen molar-refractivity contribution in [2.75, 3.05) is 45.9 Å². The number of piperazine rings is 1. The van der Waals surface area contributed by atoms with Crippen LogP contribution in [0.5, 0.6) is 0 Å². The van der Waals surface area contributed by atoms with Crippen LogP contribution in [-0.4, -0.2) is 78.5 Å². The molecule has 3 rings (SSSR count). The molecular formula is C22H34IN5O3. The number of carbonyl (C=O) groups is 2. The fourth-order valence-electron chi connectivity index (χ4n) is 3.83. The molecule has 8 nitrogen and oxygen atoms in total. The predicted octanol–water partition coefficient (Wildman–Crippen LogP) is 2.67. The molecule has 1 aromatic carbocycles. The quantitative estimate of drug-likeness (QED) is 0.339. The monoisotopic (exact) mass is 543 g/mol. The van der Waals surface area contributed by atoms with Crippen LogP contribution in [0.25, 0.3) is 0 Å². The van der Waals surface area contributed by atoms with Crippen LogP contribution in [0.1, 0.15) is 37.8 Å². The van der Waals surface area contributed by atoms with Crippen molar-refractivity contribution in [1.82, 2.24) is 20.0 Å². The lowest BCUT2D eigenvalue weighted by Crippen LogP contribution is -2.53. The molecule has 2 saturated heterocycles. The number of aliphatic imine (C=N–C) groups is 1. The van der Waals surface area contributed by atoms with Crippen molar-refractivity contribution >= 4 is 41.9 Å². The molecule has 2 amide bonds. The number of likely N-dealkylation sites (tertiary alicyclic amines) is 1. The lowest BCUT2D eigenvalue weighted by atomic mass is 10.1. The van der Waals surface area contributed by atoms with Gasteiger partial charge in [0.05, 0.1) is 13.2 Å². The first-order chi connectivity index (χ1) is 14.6. The van der Waals surface area contributed by atoms with Gasteiger partial charge in [0.1, 0.15) is 0 Å². The Morgan fingerprint density at radius 2 is 1.81 bits per heavy atom. The van der Waals surface area contributed by atoms with Gasteiger partial charge in [-0.2, -0.15) is 0 Å². The van der Waals surface area contributed by atoms with Crippen molar-refractivity contribution in [3.63, 3.8) is 0 Å². The van der Waals surface area contributed by atoms with Gasteiger partial charge in [-0.15, -0.1) is 24.0 Å². The zero-order chi connectivity index (χ0) is 21.3. The highest BCUT2D eigenvalue weighted by Crippen LogP contribution is 2.16. The summed E-state index contributed by atoms with van der Waals surface area (Å²) in [6, 6.07) is 8.31. The first-order valence-corrected chi connectivity index (χ1v) is 10.9. The Balaban J connectivity index is 0.00000341. The van der Waals surface area contributed by atoms with E-state index in [9.17, 15) is 9.59 Å². The van der Waals surface area contributed by atoms with Crippen LogP contribution in [0.4, 0.5) is 4.79 Å². The number of benzene rings is 1. The number of halogens is 1. The number of carbonyl (C=O) groups excluding carboxylic acids is 2. The van der Waals surface area contributed by atoms with E-state index in [-0.39, 0.29) is 36.0 Å². The highest BCUT2D eigenvalue weighted by Gasteiger charge is 2.24. The second kappa shape index (κ2) is 12.7. The highest BCUT2D eigenvalue weighted by molar-refractivity contribution is 14.0. The molecule has 0 aliphatic carbocycles. The van der Waals surface area contributed by atoms with Gasteiger partial charge in [0, 0.05) is 52.2 Å². The minimum Gasteiger partial charge on any atom is -0.450 e. The lowest BCUT2D eigenvalue weighted by Gasteiger charge is -2.35. The van der Waals surface area contributed by atoms with E-state index in [1.165, 1.54) is 0 Å². The molecular weight excluding hydrogens is 509 g/mol. The van der Waals surface area contributed by atoms with Gasteiger partial charge in [-0.25, -0.2) is 9.79 Å². The summed E-state index contributed by atoms with van der Waals surface area (Å²) in [4.78, 5) is 34.5. The van der Waals surface area contributed by atoms with Gasteiger partial charge in [0.25, 0.3) is 0 Å². The van der Waals surface area contributed by atoms with Crippen LogP contribution in [0.2, 0.25) is 0 Å². The summed E-state index contributed by atoms with van der Waals surface area (Å²) in [7, 11) is 0. The summed E-state index contributed by atoms with van der Waals surface area (Å²) in [6.07, 6.45) is 1.38. The van der Waals surface area contributed by atoms with E-state index in [2.05, 4.69) is 35.3 Å². The second-order valence-corrected chi connectivity index (χ2v) is 7.58. The van der Waals surface area contributed by atoms with Crippen molar-refractivity contribution in [3.8, 4) is 0 Å². The first-order valence-electron chi connectivity index (χ1n) is 10.9. The zero-order valence-corrected chi connectivity index (χ0v) is 20.8. The average molecular weight is 543 g/mol. The summed E-state index contributed by atoms with van der Waals surface area (Å²) in [5, 5.41) is 3.36. The number of hydrogen-bond acceptors (Lipinski definition) is 4. The highest BCUT2D eigenvalue weighted by atomic mass is 127. The molecule has 0 radical (unpaired) electrons. The van der Waals surface area contributed by atoms with E-state index in [1.54, 1.807) is 4.90 Å². The van der Waals surface area contributed by atoms with Crippen LogP contribution < -0.4 is 5.32 Å². The molecule has 31 heavy (non-hydrogen) atoms. The number of guanidine groups is 1. The van der Waals surface area contributed by atoms with E-state index in [0.29, 0.717) is 39.2 Å². The Hall–Kier alpha value is -2.04. The minimum absolute atomic E-state index is 0. The van der Waals surface area contributed by atoms with Crippen molar-refractivity contribution in [2.24, 2.45) is 4.99 Å². The number of ether oxygens (including phenoxy) is 1. The van der Waals surface area contributed by atoms with Crippen LogP contribution in [-0.2, 0) is 22.6 Å². The van der Waals surface area contributed by atoms with Crippen molar-refractivity contribution in [2.45, 2.75) is 39.8 Å². The van der Waals surface area contributed by atoms with Crippen LogP contribution in [0.15, 0.2) is 29.3 Å². The molecule has 0 saturated carbocycles. The summed E-state index contributed by atoms with van der Waals surface area (Å²) < 4.78 is 5.09. The third-order valence-corrected chi connectivity index (χ3v) is 5.39. The summed E-state index contributed by atoms with van der Waals surface area (Å²) >= 11 is 0. The normalized spacial score (nSPS) is 16.9. The first kappa shape index (κ1) is 25.2. The number of hydrogen-bond donors (Lipinski definition) is 1. The molecule has 172 valence electrons. The molecule has 9 heteroatoms. The average Bonchev–Trinajstić information content (AvgIpc) is 3.16.